The predicted molar refractivity (Wildman–Crippen MR) is 281 cm³/mol. The van der Waals surface area contributed by atoms with Crippen LogP contribution in [0.3, 0.4) is 0 Å². The van der Waals surface area contributed by atoms with Crippen LogP contribution in [0.1, 0.15) is 18.1 Å². The van der Waals surface area contributed by atoms with Crippen molar-refractivity contribution in [2.45, 2.75) is 32.9 Å². The summed E-state index contributed by atoms with van der Waals surface area (Å²) in [5.74, 6) is 0.0306. The maximum Gasteiger partial charge on any atom is 0.228 e. The minimum absolute atomic E-state index is 0. The third-order valence-electron chi connectivity index (χ3n) is 11.1. The van der Waals surface area contributed by atoms with Gasteiger partial charge in [-0.05, 0) is 102 Å². The Kier molecular flexibility index (Phi) is 14.9. The van der Waals surface area contributed by atoms with Gasteiger partial charge < -0.3 is 31.9 Å². The van der Waals surface area contributed by atoms with Gasteiger partial charge in [0.1, 0.15) is 14.1 Å². The van der Waals surface area contributed by atoms with Gasteiger partial charge >= 0.3 is 0 Å². The summed E-state index contributed by atoms with van der Waals surface area (Å²) in [5, 5.41) is 1.21. The highest BCUT2D eigenvalue weighted by Gasteiger charge is 2.27. The molecule has 0 bridgehead atoms. The van der Waals surface area contributed by atoms with Gasteiger partial charge in [0.05, 0.1) is 32.2 Å². The van der Waals surface area contributed by atoms with E-state index in [0.717, 1.165) is 50.2 Å². The molecule has 64 heavy (non-hydrogen) atoms. The Morgan fingerprint density at radius 2 is 0.969 bits per heavy atom. The normalized spacial score (nSPS) is 11.9. The average molecular weight is 911 g/mol. The van der Waals surface area contributed by atoms with Gasteiger partial charge in [-0.25, -0.2) is 9.56 Å². The molecular weight excluding hydrogens is 849 g/mol. The van der Waals surface area contributed by atoms with E-state index in [1.807, 2.05) is 52.1 Å². The number of benzene rings is 6. The van der Waals surface area contributed by atoms with Crippen LogP contribution in [0.4, 0.5) is 39.8 Å². The molecule has 3 heterocycles. The highest BCUT2D eigenvalue weighted by molar-refractivity contribution is 8.00. The molecule has 334 valence electrons. The van der Waals surface area contributed by atoms with Crippen LogP contribution < -0.4 is 39.3 Å². The van der Waals surface area contributed by atoms with Crippen molar-refractivity contribution < 1.29 is 4.79 Å². The second-order valence-electron chi connectivity index (χ2n) is 17.0. The minimum Gasteiger partial charge on any atom is -0.378 e. The van der Waals surface area contributed by atoms with E-state index in [2.05, 4.69) is 183 Å². The Morgan fingerprint density at radius 1 is 0.547 bits per heavy atom. The predicted octanol–water partition coefficient (Wildman–Crippen LogP) is 10.8. The Balaban J connectivity index is 0.000000159. The summed E-state index contributed by atoms with van der Waals surface area (Å²) >= 11 is 5.41. The molecule has 0 saturated heterocycles. The minimum atomic E-state index is 0. The van der Waals surface area contributed by atoms with Crippen LogP contribution in [0.2, 0.25) is 0 Å². The molecule has 1 amide bonds. The third-order valence-corrected chi connectivity index (χ3v) is 14.4. The fourth-order valence-electron chi connectivity index (χ4n) is 7.29. The number of aromatic nitrogens is 1. The molecule has 0 radical (unpaired) electrons. The van der Waals surface area contributed by atoms with Crippen LogP contribution in [0, 0.1) is 7.43 Å². The van der Waals surface area contributed by atoms with Crippen molar-refractivity contribution in [3.8, 4) is 10.6 Å². The number of amides is 1. The SMILES string of the molecule is CC(=O)N1c2ccc(N(C)C)cc2Sc2cc(N(C)C)ccc21.CN(C)c1ccc2c(c1)Sc1cc(N(C)C)ccc1C2.CN(C)c1ccc2nc3ccc(=[N+](C)C)cc-3sc2c1.[CH3-]. The highest BCUT2D eigenvalue weighted by atomic mass is 32.2. The first-order chi connectivity index (χ1) is 30.0. The Hall–Kier alpha value is -5.69. The molecule has 1 aliphatic carbocycles. The van der Waals surface area contributed by atoms with Crippen molar-refractivity contribution in [1.29, 1.82) is 0 Å². The van der Waals surface area contributed by atoms with Gasteiger partial charge in [0.25, 0.3) is 0 Å². The van der Waals surface area contributed by atoms with Gasteiger partial charge in [-0.15, -0.1) is 11.3 Å². The van der Waals surface area contributed by atoms with Crippen LogP contribution in [0.25, 0.3) is 20.8 Å². The molecule has 0 spiro atoms. The quantitative estimate of drug-likeness (QED) is 0.0955. The smallest absolute Gasteiger partial charge is 0.228 e. The molecule has 0 atom stereocenters. The first-order valence-electron chi connectivity index (χ1n) is 20.9. The van der Waals surface area contributed by atoms with E-state index in [1.54, 1.807) is 34.9 Å². The summed E-state index contributed by atoms with van der Waals surface area (Å²) in [6.07, 6.45) is 1.04. The number of hydrogen-bond acceptors (Lipinski definition) is 10. The second kappa shape index (κ2) is 20.0. The number of anilines is 7. The van der Waals surface area contributed by atoms with Crippen LogP contribution >= 0.6 is 34.9 Å². The maximum atomic E-state index is 12.3. The Bertz CT molecular complexity index is 2730. The fraction of sp³-hybridized carbons (Fsp3) is 0.269. The van der Waals surface area contributed by atoms with Crippen LogP contribution in [0.5, 0.6) is 0 Å². The number of nitrogens with zero attached hydrogens (tertiary/aromatic N) is 8. The first-order valence-corrected chi connectivity index (χ1v) is 23.3. The Morgan fingerprint density at radius 3 is 1.42 bits per heavy atom. The molecule has 4 aliphatic rings. The fourth-order valence-corrected chi connectivity index (χ4v) is 10.6. The number of fused-ring (bicyclic) bond motifs is 6. The lowest BCUT2D eigenvalue weighted by atomic mass is 10.0. The van der Waals surface area contributed by atoms with E-state index in [0.29, 0.717) is 0 Å². The molecule has 0 aromatic heterocycles. The van der Waals surface area contributed by atoms with E-state index < -0.39 is 0 Å². The summed E-state index contributed by atoms with van der Waals surface area (Å²) in [6.45, 7) is 1.61. The van der Waals surface area contributed by atoms with Crippen molar-refractivity contribution in [3.63, 3.8) is 0 Å². The first kappa shape index (κ1) is 47.8. The molecule has 9 rings (SSSR count). The molecule has 0 N–H and O–H groups in total. The molecule has 3 aliphatic heterocycles. The average Bonchev–Trinajstić information content (AvgIpc) is 3.25. The zero-order chi connectivity index (χ0) is 45.3. The monoisotopic (exact) mass is 910 g/mol. The zero-order valence-corrected chi connectivity index (χ0v) is 42.3. The summed E-state index contributed by atoms with van der Waals surface area (Å²) < 4.78 is 3.34. The van der Waals surface area contributed by atoms with Crippen molar-refractivity contribution in [3.05, 3.63) is 133 Å². The summed E-state index contributed by atoms with van der Waals surface area (Å²) in [4.78, 5) is 35.6. The third kappa shape index (κ3) is 10.5. The van der Waals surface area contributed by atoms with Crippen LogP contribution in [0.15, 0.2) is 129 Å². The van der Waals surface area contributed by atoms with Crippen molar-refractivity contribution in [1.82, 2.24) is 9.56 Å². The van der Waals surface area contributed by atoms with Crippen LogP contribution in [-0.2, 0) is 11.2 Å². The largest absolute Gasteiger partial charge is 0.378 e. The van der Waals surface area contributed by atoms with Gasteiger partial charge in [-0.3, -0.25) is 9.69 Å². The molecule has 0 saturated carbocycles. The number of rotatable bonds is 5. The molecule has 5 aromatic rings. The molecule has 0 unspecified atom stereocenters. The highest BCUT2D eigenvalue weighted by Crippen LogP contribution is 2.50. The van der Waals surface area contributed by atoms with E-state index >= 15 is 0 Å². The molecule has 5 aromatic carbocycles. The second-order valence-corrected chi connectivity index (χ2v) is 20.3. The summed E-state index contributed by atoms with van der Waals surface area (Å²) in [5.41, 5.74) is 12.9. The van der Waals surface area contributed by atoms with Gasteiger partial charge in [0, 0.05) is 138 Å². The molecule has 0 fully saturated rings. The lowest BCUT2D eigenvalue weighted by Gasteiger charge is -2.32. The number of carbonyl (C=O) groups excluding carboxylic acids is 1. The van der Waals surface area contributed by atoms with E-state index in [4.69, 9.17) is 4.98 Å². The zero-order valence-electron chi connectivity index (χ0n) is 39.8. The van der Waals surface area contributed by atoms with Crippen LogP contribution in [-0.4, -0.2) is 95.5 Å². The Labute approximate surface area is 393 Å². The van der Waals surface area contributed by atoms with Crippen molar-refractivity contribution in [2.24, 2.45) is 0 Å². The van der Waals surface area contributed by atoms with E-state index in [1.165, 1.54) is 52.9 Å². The molecular formula is C52H62N8OS3. The standard InChI is InChI=1S/C18H21N3OS.C17H20N2S.C16H18N3S.CH3/c1-12(22)21-15-8-6-13(19(2)3)10-17(15)23-18-11-14(20(4)5)7-9-16(18)21;1-18(2)14-7-5-12-9-13-6-8-15(19(3)4)11-17(13)20-16(12)10-14;1-18(2)11-5-7-13-15(9-11)20-16-10-12(19(3)4)6-8-14(16)17-13;/h6-11H,1-5H3;5-8,10-11H,9H2,1-4H3;5-10H,1-4H3;1H3/q;;+1;-1. The van der Waals surface area contributed by atoms with Gasteiger partial charge in [0.2, 0.25) is 11.3 Å². The van der Waals surface area contributed by atoms with Gasteiger partial charge in [0.15, 0.2) is 0 Å². The molecule has 9 nitrogen and oxygen atoms in total. The van der Waals surface area contributed by atoms with Crippen molar-refractivity contribution >= 4 is 90.8 Å². The van der Waals surface area contributed by atoms with Gasteiger partial charge in [-0.1, -0.05) is 35.7 Å². The molecule has 12 heteroatoms. The van der Waals surface area contributed by atoms with Crippen molar-refractivity contribution in [2.75, 3.05) is 114 Å². The number of carbonyl (C=O) groups is 1. The topological polar surface area (TPSA) is 52.4 Å². The maximum absolute atomic E-state index is 12.3. The lowest BCUT2D eigenvalue weighted by Crippen LogP contribution is -2.26. The summed E-state index contributed by atoms with van der Waals surface area (Å²) in [7, 11) is 24.7. The van der Waals surface area contributed by atoms with Gasteiger partial charge in [-0.2, -0.15) is 0 Å². The van der Waals surface area contributed by atoms with E-state index in [-0.39, 0.29) is 13.3 Å². The van der Waals surface area contributed by atoms with E-state index in [9.17, 15) is 4.79 Å². The summed E-state index contributed by atoms with van der Waals surface area (Å²) in [6, 6.07) is 38.8. The number of hydrogen-bond donors (Lipinski definition) is 0. The lowest BCUT2D eigenvalue weighted by molar-refractivity contribution is -0.115.